The molecule has 1 heterocycles. The Morgan fingerprint density at radius 3 is 3.00 bits per heavy atom. The molecule has 0 radical (unpaired) electrons. The minimum atomic E-state index is -0.289. The molecular formula is C10H10FNO2. The molecule has 74 valence electrons. The van der Waals surface area contributed by atoms with E-state index in [0.717, 1.165) is 5.56 Å². The number of hydrogen-bond acceptors (Lipinski definition) is 2. The van der Waals surface area contributed by atoms with Crippen molar-refractivity contribution in [2.45, 2.75) is 6.10 Å². The molecule has 3 nitrogen and oxygen atoms in total. The Labute approximate surface area is 80.9 Å². The Morgan fingerprint density at radius 1 is 1.50 bits per heavy atom. The van der Waals surface area contributed by atoms with E-state index in [9.17, 15) is 9.18 Å². The third-order valence-electron chi connectivity index (χ3n) is 2.12. The van der Waals surface area contributed by atoms with Gasteiger partial charge in [0.1, 0.15) is 18.5 Å². The lowest BCUT2D eigenvalue weighted by atomic mass is 10.1. The predicted molar refractivity (Wildman–Crippen MR) is 48.1 cm³/mol. The zero-order valence-corrected chi connectivity index (χ0v) is 7.50. The van der Waals surface area contributed by atoms with Gasteiger partial charge in [-0.05, 0) is 17.7 Å². The minimum Gasteiger partial charge on any atom is -0.362 e. The Hall–Kier alpha value is -1.42. The van der Waals surface area contributed by atoms with E-state index in [1.807, 2.05) is 0 Å². The topological polar surface area (TPSA) is 38.3 Å². The Morgan fingerprint density at radius 2 is 2.36 bits per heavy atom. The van der Waals surface area contributed by atoms with E-state index in [4.69, 9.17) is 4.74 Å². The molecule has 1 aliphatic rings. The first kappa shape index (κ1) is 9.15. The van der Waals surface area contributed by atoms with Crippen LogP contribution >= 0.6 is 0 Å². The van der Waals surface area contributed by atoms with Crippen LogP contribution in [0.1, 0.15) is 11.7 Å². The number of hydrogen-bond donors (Lipinski definition) is 1. The minimum absolute atomic E-state index is 0.0428. The van der Waals surface area contributed by atoms with Gasteiger partial charge in [0, 0.05) is 6.54 Å². The maximum atomic E-state index is 12.9. The van der Waals surface area contributed by atoms with Crippen LogP contribution in [-0.2, 0) is 9.53 Å². The van der Waals surface area contributed by atoms with Crippen molar-refractivity contribution in [2.75, 3.05) is 13.2 Å². The maximum absolute atomic E-state index is 12.9. The van der Waals surface area contributed by atoms with Gasteiger partial charge >= 0.3 is 0 Å². The third-order valence-corrected chi connectivity index (χ3v) is 2.12. The summed E-state index contributed by atoms with van der Waals surface area (Å²) in [5.41, 5.74) is 0.755. The Bertz CT molecular complexity index is 344. The first-order valence-electron chi connectivity index (χ1n) is 4.39. The SMILES string of the molecule is O=C1CO[C@@H](c2cccc(F)c2)CN1. The van der Waals surface area contributed by atoms with Gasteiger partial charge in [-0.15, -0.1) is 0 Å². The highest BCUT2D eigenvalue weighted by molar-refractivity contribution is 5.77. The molecule has 4 heteroatoms. The second-order valence-corrected chi connectivity index (χ2v) is 3.16. The molecule has 1 atom stereocenters. The van der Waals surface area contributed by atoms with E-state index in [0.29, 0.717) is 6.54 Å². The summed E-state index contributed by atoms with van der Waals surface area (Å²) in [5, 5.41) is 2.66. The molecule has 1 aromatic carbocycles. The molecule has 0 saturated carbocycles. The van der Waals surface area contributed by atoms with Crippen LogP contribution in [0.15, 0.2) is 24.3 Å². The van der Waals surface area contributed by atoms with Gasteiger partial charge in [-0.3, -0.25) is 4.79 Å². The fourth-order valence-electron chi connectivity index (χ4n) is 1.41. The summed E-state index contributed by atoms with van der Waals surface area (Å²) in [6, 6.07) is 6.21. The second-order valence-electron chi connectivity index (χ2n) is 3.16. The monoisotopic (exact) mass is 195 g/mol. The summed E-state index contributed by atoms with van der Waals surface area (Å²) >= 11 is 0. The van der Waals surface area contributed by atoms with E-state index in [1.54, 1.807) is 12.1 Å². The molecule has 1 aromatic rings. The van der Waals surface area contributed by atoms with Crippen molar-refractivity contribution in [1.29, 1.82) is 0 Å². The summed E-state index contributed by atoms with van der Waals surface area (Å²) in [5.74, 6) is -0.416. The lowest BCUT2D eigenvalue weighted by Gasteiger charge is -2.23. The van der Waals surface area contributed by atoms with Crippen LogP contribution in [0.25, 0.3) is 0 Å². The molecule has 1 fully saturated rings. The standard InChI is InChI=1S/C10H10FNO2/c11-8-3-1-2-7(4-8)9-5-12-10(13)6-14-9/h1-4,9H,5-6H2,(H,12,13)/t9-/m1/s1. The summed E-state index contributed by atoms with van der Waals surface area (Å²) in [6.07, 6.45) is -0.233. The van der Waals surface area contributed by atoms with E-state index < -0.39 is 0 Å². The third kappa shape index (κ3) is 1.90. The van der Waals surface area contributed by atoms with Crippen molar-refractivity contribution in [2.24, 2.45) is 0 Å². The smallest absolute Gasteiger partial charge is 0.246 e. The van der Waals surface area contributed by atoms with Gasteiger partial charge in [-0.2, -0.15) is 0 Å². The average molecular weight is 195 g/mol. The number of amides is 1. The maximum Gasteiger partial charge on any atom is 0.246 e. The first-order chi connectivity index (χ1) is 6.75. The van der Waals surface area contributed by atoms with E-state index in [2.05, 4.69) is 5.32 Å². The largest absolute Gasteiger partial charge is 0.362 e. The molecule has 2 rings (SSSR count). The summed E-state index contributed by atoms with van der Waals surface area (Å²) < 4.78 is 18.1. The van der Waals surface area contributed by atoms with Crippen molar-refractivity contribution >= 4 is 5.91 Å². The Kier molecular flexibility index (Phi) is 2.45. The van der Waals surface area contributed by atoms with Crippen molar-refractivity contribution in [3.8, 4) is 0 Å². The van der Waals surface area contributed by atoms with Gasteiger partial charge in [-0.1, -0.05) is 12.1 Å². The molecule has 1 aliphatic heterocycles. The number of nitrogens with one attached hydrogen (secondary N) is 1. The molecule has 1 saturated heterocycles. The molecule has 0 aromatic heterocycles. The lowest BCUT2D eigenvalue weighted by Crippen LogP contribution is -2.38. The van der Waals surface area contributed by atoms with Gasteiger partial charge < -0.3 is 10.1 Å². The fraction of sp³-hybridized carbons (Fsp3) is 0.300. The van der Waals surface area contributed by atoms with Gasteiger partial charge in [0.2, 0.25) is 5.91 Å². The number of benzene rings is 1. The molecule has 0 unspecified atom stereocenters. The molecule has 1 N–H and O–H groups in total. The quantitative estimate of drug-likeness (QED) is 0.726. The van der Waals surface area contributed by atoms with Crippen LogP contribution in [0.4, 0.5) is 4.39 Å². The van der Waals surface area contributed by atoms with Crippen molar-refractivity contribution < 1.29 is 13.9 Å². The van der Waals surface area contributed by atoms with Crippen molar-refractivity contribution in [3.05, 3.63) is 35.6 Å². The zero-order chi connectivity index (χ0) is 9.97. The highest BCUT2D eigenvalue weighted by atomic mass is 19.1. The van der Waals surface area contributed by atoms with Crippen LogP contribution in [0.5, 0.6) is 0 Å². The fourth-order valence-corrected chi connectivity index (χ4v) is 1.41. The van der Waals surface area contributed by atoms with Crippen LogP contribution in [0.2, 0.25) is 0 Å². The van der Waals surface area contributed by atoms with Crippen LogP contribution in [0.3, 0.4) is 0 Å². The summed E-state index contributed by atoms with van der Waals surface area (Å²) in [6.45, 7) is 0.448. The molecule has 0 spiro atoms. The van der Waals surface area contributed by atoms with Crippen molar-refractivity contribution in [3.63, 3.8) is 0 Å². The van der Waals surface area contributed by atoms with E-state index >= 15 is 0 Å². The second kappa shape index (κ2) is 3.75. The van der Waals surface area contributed by atoms with Crippen molar-refractivity contribution in [1.82, 2.24) is 5.32 Å². The number of halogens is 1. The normalized spacial score (nSPS) is 21.8. The van der Waals surface area contributed by atoms with E-state index in [-0.39, 0.29) is 24.4 Å². The predicted octanol–water partition coefficient (Wildman–Crippen LogP) is 1.01. The van der Waals surface area contributed by atoms with Gasteiger partial charge in [0.05, 0.1) is 0 Å². The Balaban J connectivity index is 2.12. The number of ether oxygens (including phenoxy) is 1. The molecule has 1 amide bonds. The summed E-state index contributed by atoms with van der Waals surface area (Å²) in [7, 11) is 0. The zero-order valence-electron chi connectivity index (χ0n) is 7.50. The number of morpholine rings is 1. The molecule has 0 bridgehead atoms. The van der Waals surface area contributed by atoms with Crippen LogP contribution in [-0.4, -0.2) is 19.1 Å². The van der Waals surface area contributed by atoms with Crippen LogP contribution in [0, 0.1) is 5.82 Å². The highest BCUT2D eigenvalue weighted by Crippen LogP contribution is 2.19. The van der Waals surface area contributed by atoms with Gasteiger partial charge in [-0.25, -0.2) is 4.39 Å². The number of carbonyl (C=O) groups is 1. The summed E-state index contributed by atoms with van der Waals surface area (Å²) in [4.78, 5) is 10.8. The van der Waals surface area contributed by atoms with E-state index in [1.165, 1.54) is 12.1 Å². The van der Waals surface area contributed by atoms with Gasteiger partial charge in [0.25, 0.3) is 0 Å². The number of rotatable bonds is 1. The molecular weight excluding hydrogens is 185 g/mol. The van der Waals surface area contributed by atoms with Gasteiger partial charge in [0.15, 0.2) is 0 Å². The first-order valence-corrected chi connectivity index (χ1v) is 4.39. The van der Waals surface area contributed by atoms with Crippen LogP contribution < -0.4 is 5.32 Å². The highest BCUT2D eigenvalue weighted by Gasteiger charge is 2.19. The average Bonchev–Trinajstić information content (AvgIpc) is 2.19. The molecule has 0 aliphatic carbocycles. The molecule has 14 heavy (non-hydrogen) atoms. The lowest BCUT2D eigenvalue weighted by molar-refractivity contribution is -0.133. The number of carbonyl (C=O) groups excluding carboxylic acids is 1.